The van der Waals surface area contributed by atoms with Crippen molar-refractivity contribution in [2.75, 3.05) is 7.11 Å². The van der Waals surface area contributed by atoms with Gasteiger partial charge in [-0.1, -0.05) is 40.7 Å². The van der Waals surface area contributed by atoms with E-state index in [1.807, 2.05) is 12.1 Å². The minimum absolute atomic E-state index is 0.0782. The van der Waals surface area contributed by atoms with E-state index < -0.39 is 5.97 Å². The molecule has 1 N–H and O–H groups in total. The number of H-pyrrole nitrogens is 1. The molecule has 0 unspecified atom stereocenters. The number of nitrogens with one attached hydrogen (secondary N) is 1. The van der Waals surface area contributed by atoms with E-state index in [2.05, 4.69) is 24.8 Å². The SMILES string of the molecule is COC(=O)Cc1cc(=O)[nH]c(SCc2nc(-c3ccccc3Cl)no2)n1. The van der Waals surface area contributed by atoms with Crippen LogP contribution in [0.3, 0.4) is 0 Å². The van der Waals surface area contributed by atoms with Gasteiger partial charge in [0.05, 0.1) is 30.0 Å². The number of methoxy groups -OCH3 is 1. The first kappa shape index (κ1) is 18.2. The van der Waals surface area contributed by atoms with Crippen molar-refractivity contribution >= 4 is 29.3 Å². The fraction of sp³-hybridized carbons (Fsp3) is 0.188. The molecule has 2 aromatic heterocycles. The first-order valence-corrected chi connectivity index (χ1v) is 8.79. The van der Waals surface area contributed by atoms with Gasteiger partial charge < -0.3 is 14.2 Å². The summed E-state index contributed by atoms with van der Waals surface area (Å²) in [6, 6.07) is 8.42. The van der Waals surface area contributed by atoms with E-state index in [4.69, 9.17) is 16.1 Å². The Morgan fingerprint density at radius 2 is 2.15 bits per heavy atom. The zero-order valence-corrected chi connectivity index (χ0v) is 15.1. The molecule has 0 fully saturated rings. The number of esters is 1. The summed E-state index contributed by atoms with van der Waals surface area (Å²) < 4.78 is 9.78. The molecule has 0 amide bonds. The molecule has 8 nitrogen and oxygen atoms in total. The summed E-state index contributed by atoms with van der Waals surface area (Å²) in [6.07, 6.45) is -0.0782. The van der Waals surface area contributed by atoms with Crippen molar-refractivity contribution in [1.29, 1.82) is 0 Å². The molecule has 0 atom stereocenters. The third-order valence-electron chi connectivity index (χ3n) is 3.24. The van der Waals surface area contributed by atoms with Gasteiger partial charge in [0.15, 0.2) is 5.16 Å². The Morgan fingerprint density at radius 3 is 2.92 bits per heavy atom. The Hall–Kier alpha value is -2.65. The molecular weight excluding hydrogens is 380 g/mol. The van der Waals surface area contributed by atoms with Gasteiger partial charge in [-0.3, -0.25) is 9.59 Å². The van der Waals surface area contributed by atoms with Crippen molar-refractivity contribution in [3.05, 3.63) is 57.3 Å². The second-order valence-electron chi connectivity index (χ2n) is 5.08. The number of ether oxygens (including phenoxy) is 1. The number of aromatic nitrogens is 4. The summed E-state index contributed by atoms with van der Waals surface area (Å²) in [4.78, 5) is 34.1. The molecule has 0 bridgehead atoms. The van der Waals surface area contributed by atoms with Crippen LogP contribution in [0.15, 0.2) is 44.8 Å². The largest absolute Gasteiger partial charge is 0.469 e. The van der Waals surface area contributed by atoms with Crippen LogP contribution in [-0.2, 0) is 21.7 Å². The number of halogens is 1. The monoisotopic (exact) mass is 392 g/mol. The fourth-order valence-electron chi connectivity index (χ4n) is 2.06. The van der Waals surface area contributed by atoms with Crippen LogP contribution in [0.4, 0.5) is 0 Å². The maximum Gasteiger partial charge on any atom is 0.311 e. The molecule has 10 heteroatoms. The van der Waals surface area contributed by atoms with Crippen LogP contribution in [-0.4, -0.2) is 33.2 Å². The summed E-state index contributed by atoms with van der Waals surface area (Å²) in [5.74, 6) is 0.556. The number of rotatable bonds is 6. The number of carbonyl (C=O) groups excluding carboxylic acids is 1. The molecule has 134 valence electrons. The Labute approximate surface area is 156 Å². The Bertz CT molecular complexity index is 988. The van der Waals surface area contributed by atoms with Gasteiger partial charge in [-0.15, -0.1) is 0 Å². The Kier molecular flexibility index (Phi) is 5.69. The molecule has 3 aromatic rings. The lowest BCUT2D eigenvalue weighted by Gasteiger charge is -2.02. The van der Waals surface area contributed by atoms with Crippen molar-refractivity contribution in [1.82, 2.24) is 20.1 Å². The third-order valence-corrected chi connectivity index (χ3v) is 4.43. The maximum atomic E-state index is 11.7. The Morgan fingerprint density at radius 1 is 1.35 bits per heavy atom. The molecule has 26 heavy (non-hydrogen) atoms. The lowest BCUT2D eigenvalue weighted by molar-refractivity contribution is -0.139. The topological polar surface area (TPSA) is 111 Å². The average molecular weight is 393 g/mol. The number of benzene rings is 1. The van der Waals surface area contributed by atoms with Gasteiger partial charge in [-0.25, -0.2) is 4.98 Å². The van der Waals surface area contributed by atoms with Crippen LogP contribution in [0.25, 0.3) is 11.4 Å². The summed E-state index contributed by atoms with van der Waals surface area (Å²) in [6.45, 7) is 0. The van der Waals surface area contributed by atoms with Gasteiger partial charge in [-0.2, -0.15) is 4.98 Å². The zero-order valence-electron chi connectivity index (χ0n) is 13.6. The van der Waals surface area contributed by atoms with E-state index in [9.17, 15) is 9.59 Å². The molecule has 2 heterocycles. The fourth-order valence-corrected chi connectivity index (χ4v) is 3.01. The standard InChI is InChI=1S/C16H13ClN4O4S/c1-24-14(23)7-9-6-12(22)19-16(18-9)26-8-13-20-15(21-25-13)10-4-2-3-5-11(10)17/h2-6H,7-8H2,1H3,(H,18,19,22). The van der Waals surface area contributed by atoms with Crippen LogP contribution in [0.5, 0.6) is 0 Å². The highest BCUT2D eigenvalue weighted by molar-refractivity contribution is 7.98. The quantitative estimate of drug-likeness (QED) is 0.387. The normalized spacial score (nSPS) is 10.7. The first-order valence-electron chi connectivity index (χ1n) is 7.42. The van der Waals surface area contributed by atoms with Crippen molar-refractivity contribution in [2.45, 2.75) is 17.3 Å². The highest BCUT2D eigenvalue weighted by Gasteiger charge is 2.13. The van der Waals surface area contributed by atoms with Gasteiger partial charge >= 0.3 is 5.97 Å². The van der Waals surface area contributed by atoms with Crippen LogP contribution in [0.2, 0.25) is 5.02 Å². The van der Waals surface area contributed by atoms with Crippen LogP contribution in [0, 0.1) is 0 Å². The minimum atomic E-state index is -0.472. The van der Waals surface area contributed by atoms with Crippen molar-refractivity contribution in [3.63, 3.8) is 0 Å². The Balaban J connectivity index is 1.71. The lowest BCUT2D eigenvalue weighted by atomic mass is 10.2. The molecular formula is C16H13ClN4O4S. The molecule has 0 radical (unpaired) electrons. The second kappa shape index (κ2) is 8.15. The number of carbonyl (C=O) groups is 1. The molecule has 0 saturated carbocycles. The average Bonchev–Trinajstić information content (AvgIpc) is 3.08. The van der Waals surface area contributed by atoms with Gasteiger partial charge in [0.2, 0.25) is 11.7 Å². The molecule has 3 rings (SSSR count). The summed E-state index contributed by atoms with van der Waals surface area (Å²) in [5, 5.41) is 4.77. The number of aromatic amines is 1. The molecule has 0 saturated heterocycles. The minimum Gasteiger partial charge on any atom is -0.469 e. The maximum absolute atomic E-state index is 11.7. The van der Waals surface area contributed by atoms with Gasteiger partial charge in [0, 0.05) is 11.6 Å². The van der Waals surface area contributed by atoms with Crippen LogP contribution in [0.1, 0.15) is 11.6 Å². The predicted molar refractivity (Wildman–Crippen MR) is 94.9 cm³/mol. The highest BCUT2D eigenvalue weighted by atomic mass is 35.5. The second-order valence-corrected chi connectivity index (χ2v) is 6.45. The van der Waals surface area contributed by atoms with Crippen LogP contribution < -0.4 is 5.56 Å². The smallest absolute Gasteiger partial charge is 0.311 e. The van der Waals surface area contributed by atoms with E-state index in [1.165, 1.54) is 24.9 Å². The number of hydrogen-bond acceptors (Lipinski definition) is 8. The lowest BCUT2D eigenvalue weighted by Crippen LogP contribution is -2.13. The van der Waals surface area contributed by atoms with E-state index in [0.717, 1.165) is 0 Å². The molecule has 0 aliphatic rings. The van der Waals surface area contributed by atoms with E-state index >= 15 is 0 Å². The van der Waals surface area contributed by atoms with Crippen LogP contribution >= 0.6 is 23.4 Å². The molecule has 0 aliphatic heterocycles. The van der Waals surface area contributed by atoms with Crippen molar-refractivity contribution < 1.29 is 14.1 Å². The third kappa shape index (κ3) is 4.50. The zero-order chi connectivity index (χ0) is 18.5. The summed E-state index contributed by atoms with van der Waals surface area (Å²) in [5.41, 5.74) is 0.634. The van der Waals surface area contributed by atoms with Gasteiger partial charge in [0.25, 0.3) is 5.56 Å². The predicted octanol–water partition coefficient (Wildman–Crippen LogP) is 2.48. The number of thioether (sulfide) groups is 1. The van der Waals surface area contributed by atoms with E-state index in [0.29, 0.717) is 38.9 Å². The van der Waals surface area contributed by atoms with E-state index in [1.54, 1.807) is 12.1 Å². The van der Waals surface area contributed by atoms with Gasteiger partial charge in [0.1, 0.15) is 0 Å². The van der Waals surface area contributed by atoms with E-state index in [-0.39, 0.29) is 12.0 Å². The first-order chi connectivity index (χ1) is 12.5. The highest BCUT2D eigenvalue weighted by Crippen LogP contribution is 2.26. The summed E-state index contributed by atoms with van der Waals surface area (Å²) in [7, 11) is 1.28. The van der Waals surface area contributed by atoms with Crippen molar-refractivity contribution in [2.24, 2.45) is 0 Å². The molecule has 0 aliphatic carbocycles. The number of hydrogen-bond donors (Lipinski definition) is 1. The van der Waals surface area contributed by atoms with Crippen molar-refractivity contribution in [3.8, 4) is 11.4 Å². The molecule has 0 spiro atoms. The van der Waals surface area contributed by atoms with Gasteiger partial charge in [-0.05, 0) is 12.1 Å². The summed E-state index contributed by atoms with van der Waals surface area (Å²) >= 11 is 7.32. The molecule has 1 aromatic carbocycles. The number of nitrogens with zero attached hydrogens (tertiary/aromatic N) is 3.